The van der Waals surface area contributed by atoms with Crippen molar-refractivity contribution in [2.45, 2.75) is 18.9 Å². The summed E-state index contributed by atoms with van der Waals surface area (Å²) in [6.07, 6.45) is 2.02. The van der Waals surface area contributed by atoms with Gasteiger partial charge < -0.3 is 15.0 Å². The van der Waals surface area contributed by atoms with Crippen molar-refractivity contribution in [3.05, 3.63) is 60.2 Å². The maximum absolute atomic E-state index is 12.6. The van der Waals surface area contributed by atoms with Crippen molar-refractivity contribution in [2.75, 3.05) is 20.1 Å². The molecule has 0 bridgehead atoms. The number of hydrogen-bond donors (Lipinski definition) is 1. The van der Waals surface area contributed by atoms with Gasteiger partial charge in [-0.25, -0.2) is 0 Å². The molecule has 4 heteroatoms. The molecule has 1 aliphatic rings. The predicted molar refractivity (Wildman–Crippen MR) is 90.9 cm³/mol. The van der Waals surface area contributed by atoms with Crippen LogP contribution in [0.3, 0.4) is 0 Å². The van der Waals surface area contributed by atoms with Crippen LogP contribution in [0, 0.1) is 0 Å². The number of carbonyl (C=O) groups is 1. The molecule has 0 aliphatic carbocycles. The fourth-order valence-corrected chi connectivity index (χ4v) is 2.85. The second-order valence-corrected chi connectivity index (χ2v) is 5.84. The van der Waals surface area contributed by atoms with Gasteiger partial charge in [-0.3, -0.25) is 4.79 Å². The maximum Gasteiger partial charge on any atom is 0.253 e. The summed E-state index contributed by atoms with van der Waals surface area (Å²) in [5, 5.41) is 3.32. The molecule has 0 saturated carbocycles. The number of hydrogen-bond acceptors (Lipinski definition) is 3. The van der Waals surface area contributed by atoms with Gasteiger partial charge in [0.2, 0.25) is 0 Å². The Labute approximate surface area is 137 Å². The van der Waals surface area contributed by atoms with E-state index in [4.69, 9.17) is 4.74 Å². The Morgan fingerprint density at radius 2 is 1.61 bits per heavy atom. The Morgan fingerprint density at radius 1 is 1.00 bits per heavy atom. The first-order valence-corrected chi connectivity index (χ1v) is 8.05. The fourth-order valence-electron chi connectivity index (χ4n) is 2.85. The van der Waals surface area contributed by atoms with Crippen molar-refractivity contribution in [1.29, 1.82) is 0 Å². The normalized spacial score (nSPS) is 15.2. The Kier molecular flexibility index (Phi) is 4.93. The van der Waals surface area contributed by atoms with E-state index >= 15 is 0 Å². The quantitative estimate of drug-likeness (QED) is 0.942. The second-order valence-electron chi connectivity index (χ2n) is 5.84. The van der Waals surface area contributed by atoms with E-state index < -0.39 is 0 Å². The summed E-state index contributed by atoms with van der Waals surface area (Å²) in [6, 6.07) is 17.3. The Hall–Kier alpha value is -2.33. The number of amides is 1. The van der Waals surface area contributed by atoms with Crippen molar-refractivity contribution in [2.24, 2.45) is 0 Å². The van der Waals surface area contributed by atoms with Crippen molar-refractivity contribution < 1.29 is 9.53 Å². The van der Waals surface area contributed by atoms with E-state index in [0.717, 1.165) is 37.4 Å². The molecule has 3 rings (SSSR count). The number of para-hydroxylation sites is 1. The van der Waals surface area contributed by atoms with Crippen molar-refractivity contribution in [1.82, 2.24) is 10.2 Å². The lowest BCUT2D eigenvalue weighted by Gasteiger charge is -2.31. The molecule has 4 nitrogen and oxygen atoms in total. The molecular formula is C19H22N2O2. The van der Waals surface area contributed by atoms with Crippen LogP contribution in [-0.4, -0.2) is 37.0 Å². The second kappa shape index (κ2) is 7.29. The summed E-state index contributed by atoms with van der Waals surface area (Å²) in [5.41, 5.74) is 0.700. The standard InChI is InChI=1S/C19H22N2O2/c1-21(16-11-13-20-14-12-16)19(22)15-7-9-18(10-8-15)23-17-5-3-2-4-6-17/h2-10,16,20H,11-14H2,1H3. The molecule has 2 aromatic carbocycles. The summed E-state index contributed by atoms with van der Waals surface area (Å²) >= 11 is 0. The van der Waals surface area contributed by atoms with Gasteiger partial charge in [-0.1, -0.05) is 18.2 Å². The molecule has 23 heavy (non-hydrogen) atoms. The molecule has 1 fully saturated rings. The van der Waals surface area contributed by atoms with E-state index in [1.165, 1.54) is 0 Å². The zero-order valence-corrected chi connectivity index (χ0v) is 13.4. The molecule has 0 unspecified atom stereocenters. The maximum atomic E-state index is 12.6. The minimum absolute atomic E-state index is 0.0724. The third-order valence-electron chi connectivity index (χ3n) is 4.26. The van der Waals surface area contributed by atoms with Crippen molar-refractivity contribution in [3.63, 3.8) is 0 Å². The molecule has 1 saturated heterocycles. The van der Waals surface area contributed by atoms with Crippen LogP contribution in [0.1, 0.15) is 23.2 Å². The largest absolute Gasteiger partial charge is 0.457 e. The van der Waals surface area contributed by atoms with Gasteiger partial charge in [0.1, 0.15) is 11.5 Å². The molecule has 120 valence electrons. The van der Waals surface area contributed by atoms with Crippen molar-refractivity contribution in [3.8, 4) is 11.5 Å². The molecule has 1 heterocycles. The number of nitrogens with zero attached hydrogens (tertiary/aromatic N) is 1. The highest BCUT2D eigenvalue weighted by Gasteiger charge is 2.22. The number of piperidine rings is 1. The number of ether oxygens (including phenoxy) is 1. The molecule has 0 aromatic heterocycles. The van der Waals surface area contributed by atoms with E-state index in [0.29, 0.717) is 11.6 Å². The fraction of sp³-hybridized carbons (Fsp3) is 0.316. The highest BCUT2D eigenvalue weighted by atomic mass is 16.5. The molecule has 1 amide bonds. The van der Waals surface area contributed by atoms with E-state index in [2.05, 4.69) is 5.32 Å². The third-order valence-corrected chi connectivity index (χ3v) is 4.26. The molecular weight excluding hydrogens is 288 g/mol. The van der Waals surface area contributed by atoms with Crippen LogP contribution in [0.5, 0.6) is 11.5 Å². The summed E-state index contributed by atoms with van der Waals surface area (Å²) < 4.78 is 5.76. The third kappa shape index (κ3) is 3.90. The van der Waals surface area contributed by atoms with Crippen LogP contribution >= 0.6 is 0 Å². The van der Waals surface area contributed by atoms with Gasteiger partial charge >= 0.3 is 0 Å². The molecule has 1 N–H and O–H groups in total. The highest BCUT2D eigenvalue weighted by Crippen LogP contribution is 2.22. The predicted octanol–water partition coefficient (Wildman–Crippen LogP) is 3.30. The van der Waals surface area contributed by atoms with E-state index in [1.807, 2.05) is 66.5 Å². The van der Waals surface area contributed by atoms with Crippen LogP contribution in [0.4, 0.5) is 0 Å². The summed E-state index contributed by atoms with van der Waals surface area (Å²) in [7, 11) is 1.90. The number of rotatable bonds is 4. The molecule has 0 spiro atoms. The van der Waals surface area contributed by atoms with Gasteiger partial charge in [-0.05, 0) is 62.3 Å². The first-order valence-electron chi connectivity index (χ1n) is 8.05. The van der Waals surface area contributed by atoms with Crippen LogP contribution in [-0.2, 0) is 0 Å². The van der Waals surface area contributed by atoms with Crippen LogP contribution in [0.15, 0.2) is 54.6 Å². The zero-order chi connectivity index (χ0) is 16.1. The van der Waals surface area contributed by atoms with Gasteiger partial charge in [0.15, 0.2) is 0 Å². The van der Waals surface area contributed by atoms with Crippen molar-refractivity contribution >= 4 is 5.91 Å². The van der Waals surface area contributed by atoms with Crippen LogP contribution in [0.2, 0.25) is 0 Å². The van der Waals surface area contributed by atoms with E-state index in [-0.39, 0.29) is 5.91 Å². The summed E-state index contributed by atoms with van der Waals surface area (Å²) in [5.74, 6) is 1.60. The lowest BCUT2D eigenvalue weighted by molar-refractivity contribution is 0.0703. The smallest absolute Gasteiger partial charge is 0.253 e. The van der Waals surface area contributed by atoms with Gasteiger partial charge in [-0.2, -0.15) is 0 Å². The van der Waals surface area contributed by atoms with Crippen LogP contribution < -0.4 is 10.1 Å². The average Bonchev–Trinajstić information content (AvgIpc) is 2.63. The van der Waals surface area contributed by atoms with Gasteiger partial charge in [0, 0.05) is 18.7 Å². The minimum Gasteiger partial charge on any atom is -0.457 e. The Morgan fingerprint density at radius 3 is 2.26 bits per heavy atom. The molecule has 2 aromatic rings. The van der Waals surface area contributed by atoms with E-state index in [9.17, 15) is 4.79 Å². The molecule has 0 atom stereocenters. The summed E-state index contributed by atoms with van der Waals surface area (Å²) in [6.45, 7) is 1.96. The SMILES string of the molecule is CN(C(=O)c1ccc(Oc2ccccc2)cc1)C1CCNCC1. The van der Waals surface area contributed by atoms with Gasteiger partial charge in [0.25, 0.3) is 5.91 Å². The number of carbonyl (C=O) groups excluding carboxylic acids is 1. The molecule has 0 radical (unpaired) electrons. The Bertz CT molecular complexity index is 634. The monoisotopic (exact) mass is 310 g/mol. The summed E-state index contributed by atoms with van der Waals surface area (Å²) in [4.78, 5) is 14.4. The lowest BCUT2D eigenvalue weighted by Crippen LogP contribution is -2.43. The topological polar surface area (TPSA) is 41.6 Å². The van der Waals surface area contributed by atoms with Crippen LogP contribution in [0.25, 0.3) is 0 Å². The van der Waals surface area contributed by atoms with Gasteiger partial charge in [-0.15, -0.1) is 0 Å². The average molecular weight is 310 g/mol. The zero-order valence-electron chi connectivity index (χ0n) is 13.4. The number of benzene rings is 2. The van der Waals surface area contributed by atoms with E-state index in [1.54, 1.807) is 0 Å². The first-order chi connectivity index (χ1) is 11.2. The van der Waals surface area contributed by atoms with Gasteiger partial charge in [0.05, 0.1) is 0 Å². The highest BCUT2D eigenvalue weighted by molar-refractivity contribution is 5.94. The number of nitrogens with one attached hydrogen (secondary N) is 1. The minimum atomic E-state index is 0.0724. The molecule has 1 aliphatic heterocycles. The first kappa shape index (κ1) is 15.6. The lowest BCUT2D eigenvalue weighted by atomic mass is 10.0. The Balaban J connectivity index is 1.65.